The van der Waals surface area contributed by atoms with Gasteiger partial charge in [0, 0.05) is 88.4 Å². The first kappa shape index (κ1) is 40.9. The lowest BCUT2D eigenvalue weighted by molar-refractivity contribution is 1.24. The second-order valence-corrected chi connectivity index (χ2v) is 17.7. The van der Waals surface area contributed by atoms with Crippen molar-refractivity contribution in [2.75, 3.05) is 14.7 Å². The molecule has 6 nitrogen and oxygen atoms in total. The highest BCUT2D eigenvalue weighted by atomic mass is 15.2. The van der Waals surface area contributed by atoms with Crippen molar-refractivity contribution in [2.45, 2.75) is 0 Å². The van der Waals surface area contributed by atoms with Crippen molar-refractivity contribution >= 4 is 74.3 Å². The van der Waals surface area contributed by atoms with E-state index in [1.807, 2.05) is 37.2 Å². The van der Waals surface area contributed by atoms with Gasteiger partial charge in [0.1, 0.15) is 0 Å². The normalized spacial score (nSPS) is 12.2. The van der Waals surface area contributed by atoms with Gasteiger partial charge in [0.15, 0.2) is 0 Å². The molecule has 0 amide bonds. The Morgan fingerprint density at radius 3 is 1.31 bits per heavy atom. The first-order valence-corrected chi connectivity index (χ1v) is 23.7. The molecular weight excluding hydrogens is 852 g/mol. The number of anilines is 9. The SMILES string of the molecule is c1ccc(-c2ccc3c(c2)N(c2cc(-c4ccncc4)cc(-c4ccncc4)c2)c2cccc4c2B3c2ccc(N(c3ccccc3)c3ccccc3)cc2N4c2cccc(-c3ccncc3)c2)cc1. The maximum Gasteiger partial charge on any atom is 0.252 e. The Morgan fingerprint density at radius 1 is 0.286 bits per heavy atom. The highest BCUT2D eigenvalue weighted by Gasteiger charge is 2.43. The maximum atomic E-state index is 4.39. The van der Waals surface area contributed by atoms with Gasteiger partial charge < -0.3 is 14.7 Å². The molecule has 0 saturated heterocycles. The van der Waals surface area contributed by atoms with Crippen LogP contribution in [0.5, 0.6) is 0 Å². The number of benzene rings is 8. The number of hydrogen-bond acceptors (Lipinski definition) is 6. The number of para-hydroxylation sites is 2. The molecule has 7 heteroatoms. The van der Waals surface area contributed by atoms with Gasteiger partial charge in [-0.05, 0) is 182 Å². The van der Waals surface area contributed by atoms with Crippen LogP contribution in [0.2, 0.25) is 0 Å². The van der Waals surface area contributed by atoms with Gasteiger partial charge in [-0.1, -0.05) is 103 Å². The number of pyridine rings is 3. The lowest BCUT2D eigenvalue weighted by atomic mass is 9.33. The fraction of sp³-hybridized carbons (Fsp3) is 0. The monoisotopic (exact) mass is 894 g/mol. The summed E-state index contributed by atoms with van der Waals surface area (Å²) in [6, 6.07) is 81.5. The number of rotatable bonds is 9. The average molecular weight is 895 g/mol. The summed E-state index contributed by atoms with van der Waals surface area (Å²) < 4.78 is 0. The summed E-state index contributed by atoms with van der Waals surface area (Å²) in [4.78, 5) is 20.5. The van der Waals surface area contributed by atoms with Crippen molar-refractivity contribution in [3.63, 3.8) is 0 Å². The standard InChI is InChI=1S/C63H43BN6/c1-4-12-44(13-5-1)49-22-24-57-61(42-49)70(56-40-50(46-28-34-66-35-29-46)38-51(41-56)47-30-36-67-37-31-47)60-21-11-20-59-63(60)64(57)58-25-23-55(68(52-15-6-2-7-16-52)53-17-8-3-9-18-53)43-62(58)69(59)54-19-10-14-48(39-54)45-26-32-65-33-27-45/h1-43H. The summed E-state index contributed by atoms with van der Waals surface area (Å²) in [7, 11) is 0. The van der Waals surface area contributed by atoms with Crippen LogP contribution in [0.1, 0.15) is 0 Å². The van der Waals surface area contributed by atoms with Crippen molar-refractivity contribution < 1.29 is 0 Å². The summed E-state index contributed by atoms with van der Waals surface area (Å²) in [6.45, 7) is -0.0871. The van der Waals surface area contributed by atoms with Gasteiger partial charge in [-0.25, -0.2) is 0 Å². The molecule has 0 N–H and O–H groups in total. The molecule has 8 aromatic carbocycles. The van der Waals surface area contributed by atoms with Gasteiger partial charge in [0.25, 0.3) is 6.71 Å². The van der Waals surface area contributed by atoms with Crippen LogP contribution in [0, 0.1) is 0 Å². The van der Waals surface area contributed by atoms with E-state index in [1.165, 1.54) is 22.0 Å². The molecule has 13 rings (SSSR count). The summed E-state index contributed by atoms with van der Waals surface area (Å²) in [5.41, 5.74) is 22.6. The van der Waals surface area contributed by atoms with E-state index in [-0.39, 0.29) is 6.71 Å². The molecule has 0 unspecified atom stereocenters. The second kappa shape index (κ2) is 17.4. The van der Waals surface area contributed by atoms with E-state index in [4.69, 9.17) is 0 Å². The Morgan fingerprint density at radius 2 is 0.729 bits per heavy atom. The zero-order valence-corrected chi connectivity index (χ0v) is 38.1. The zero-order valence-electron chi connectivity index (χ0n) is 38.1. The first-order chi connectivity index (χ1) is 34.7. The molecule has 2 aliphatic rings. The second-order valence-electron chi connectivity index (χ2n) is 17.7. The number of fused-ring (bicyclic) bond motifs is 4. The van der Waals surface area contributed by atoms with Gasteiger partial charge in [-0.15, -0.1) is 0 Å². The van der Waals surface area contributed by atoms with Crippen LogP contribution in [0.25, 0.3) is 44.5 Å². The van der Waals surface area contributed by atoms with Crippen molar-refractivity contribution in [1.29, 1.82) is 0 Å². The summed E-state index contributed by atoms with van der Waals surface area (Å²) in [6.07, 6.45) is 11.2. The van der Waals surface area contributed by atoms with Gasteiger partial charge in [0.2, 0.25) is 0 Å². The van der Waals surface area contributed by atoms with E-state index >= 15 is 0 Å². The predicted octanol–water partition coefficient (Wildman–Crippen LogP) is 14.1. The van der Waals surface area contributed by atoms with Crippen LogP contribution >= 0.6 is 0 Å². The summed E-state index contributed by atoms with van der Waals surface area (Å²) >= 11 is 0. The highest BCUT2D eigenvalue weighted by molar-refractivity contribution is 7.00. The molecule has 0 spiro atoms. The quantitative estimate of drug-likeness (QED) is 0.135. The van der Waals surface area contributed by atoms with E-state index < -0.39 is 0 Å². The molecule has 0 fully saturated rings. The Balaban J connectivity index is 1.09. The summed E-state index contributed by atoms with van der Waals surface area (Å²) in [5.74, 6) is 0. The molecule has 328 valence electrons. The number of nitrogens with zero attached hydrogens (tertiary/aromatic N) is 6. The van der Waals surface area contributed by atoms with Crippen molar-refractivity contribution in [3.8, 4) is 44.5 Å². The molecular formula is C63H43BN6. The molecule has 0 aliphatic carbocycles. The van der Waals surface area contributed by atoms with Gasteiger partial charge >= 0.3 is 0 Å². The van der Waals surface area contributed by atoms with Crippen molar-refractivity contribution in [1.82, 2.24) is 15.0 Å². The number of aromatic nitrogens is 3. The Labute approximate surface area is 408 Å². The van der Waals surface area contributed by atoms with Gasteiger partial charge in [-0.3, -0.25) is 15.0 Å². The molecule has 2 aliphatic heterocycles. The van der Waals surface area contributed by atoms with Crippen LogP contribution in [0.3, 0.4) is 0 Å². The Bertz CT molecular complexity index is 3570. The summed E-state index contributed by atoms with van der Waals surface area (Å²) in [5, 5.41) is 0. The van der Waals surface area contributed by atoms with Crippen molar-refractivity contribution in [2.24, 2.45) is 0 Å². The third-order valence-corrected chi connectivity index (χ3v) is 13.7. The number of hydrogen-bond donors (Lipinski definition) is 0. The lowest BCUT2D eigenvalue weighted by Crippen LogP contribution is -2.61. The minimum absolute atomic E-state index is 0.0871. The largest absolute Gasteiger partial charge is 0.311 e. The Hall–Kier alpha value is -9.33. The molecule has 11 aromatic rings. The smallest absolute Gasteiger partial charge is 0.252 e. The van der Waals surface area contributed by atoms with Crippen LogP contribution in [0.15, 0.2) is 262 Å². The lowest BCUT2D eigenvalue weighted by Gasteiger charge is -2.44. The average Bonchev–Trinajstić information content (AvgIpc) is 3.44. The van der Waals surface area contributed by atoms with Gasteiger partial charge in [-0.2, -0.15) is 0 Å². The third-order valence-electron chi connectivity index (χ3n) is 13.7. The zero-order chi connectivity index (χ0) is 46.4. The molecule has 0 bridgehead atoms. The van der Waals surface area contributed by atoms with E-state index in [0.29, 0.717) is 0 Å². The molecule has 5 heterocycles. The third kappa shape index (κ3) is 7.20. The molecule has 3 aromatic heterocycles. The van der Waals surface area contributed by atoms with E-state index in [0.717, 1.165) is 90.1 Å². The van der Waals surface area contributed by atoms with Crippen LogP contribution < -0.4 is 31.1 Å². The van der Waals surface area contributed by atoms with Crippen LogP contribution in [-0.2, 0) is 0 Å². The van der Waals surface area contributed by atoms with Crippen LogP contribution in [0.4, 0.5) is 51.2 Å². The maximum absolute atomic E-state index is 4.39. The highest BCUT2D eigenvalue weighted by Crippen LogP contribution is 2.48. The molecule has 0 radical (unpaired) electrons. The predicted molar refractivity (Wildman–Crippen MR) is 290 cm³/mol. The Kier molecular flexibility index (Phi) is 10.2. The minimum atomic E-state index is -0.0871. The van der Waals surface area contributed by atoms with E-state index in [2.05, 4.69) is 254 Å². The molecule has 0 atom stereocenters. The first-order valence-electron chi connectivity index (χ1n) is 23.7. The fourth-order valence-electron chi connectivity index (χ4n) is 10.6. The fourth-order valence-corrected chi connectivity index (χ4v) is 10.6. The molecule has 70 heavy (non-hydrogen) atoms. The van der Waals surface area contributed by atoms with Crippen LogP contribution in [-0.4, -0.2) is 21.7 Å². The molecule has 0 saturated carbocycles. The van der Waals surface area contributed by atoms with E-state index in [9.17, 15) is 0 Å². The van der Waals surface area contributed by atoms with Gasteiger partial charge in [0.05, 0.1) is 0 Å². The topological polar surface area (TPSA) is 48.4 Å². The van der Waals surface area contributed by atoms with E-state index in [1.54, 1.807) is 0 Å². The minimum Gasteiger partial charge on any atom is -0.311 e. The van der Waals surface area contributed by atoms with Crippen molar-refractivity contribution in [3.05, 3.63) is 262 Å².